The molecule has 0 saturated carbocycles. The van der Waals surface area contributed by atoms with Crippen LogP contribution in [0.25, 0.3) is 22.4 Å². The predicted molar refractivity (Wildman–Crippen MR) is 176 cm³/mol. The number of hydrogen-bond donors (Lipinski definition) is 0. The average molecular weight is 665 g/mol. The molecule has 13 heteroatoms. The lowest BCUT2D eigenvalue weighted by atomic mass is 9.87. The van der Waals surface area contributed by atoms with Crippen LogP contribution in [0.3, 0.4) is 0 Å². The van der Waals surface area contributed by atoms with E-state index in [1.807, 2.05) is 54.5 Å². The second-order valence-electron chi connectivity index (χ2n) is 14.8. The molecule has 2 aromatic heterocycles. The summed E-state index contributed by atoms with van der Waals surface area (Å²) in [6.45, 7) is 15.1. The van der Waals surface area contributed by atoms with Gasteiger partial charge in [-0.2, -0.15) is 0 Å². The van der Waals surface area contributed by atoms with Gasteiger partial charge in [-0.25, -0.2) is 33.3 Å². The molecule has 258 valence electrons. The van der Waals surface area contributed by atoms with E-state index in [1.165, 1.54) is 4.57 Å². The summed E-state index contributed by atoms with van der Waals surface area (Å²) in [4.78, 5) is 54.6. The van der Waals surface area contributed by atoms with E-state index >= 15 is 0 Å². The highest BCUT2D eigenvalue weighted by Gasteiger charge is 2.37. The number of aromatic nitrogens is 3. The minimum absolute atomic E-state index is 0.104. The Labute approximate surface area is 280 Å². The van der Waals surface area contributed by atoms with E-state index < -0.39 is 35.6 Å². The van der Waals surface area contributed by atoms with Gasteiger partial charge < -0.3 is 24.0 Å². The van der Waals surface area contributed by atoms with E-state index in [0.717, 1.165) is 27.8 Å². The zero-order chi connectivity index (χ0) is 34.5. The van der Waals surface area contributed by atoms with Crippen LogP contribution < -0.4 is 0 Å². The summed E-state index contributed by atoms with van der Waals surface area (Å²) < 4.78 is 32.7. The average Bonchev–Trinajstić information content (AvgIpc) is 3.60. The van der Waals surface area contributed by atoms with Crippen LogP contribution in [0.2, 0.25) is 0 Å². The van der Waals surface area contributed by atoms with Crippen molar-refractivity contribution < 1.29 is 33.0 Å². The molecule has 48 heavy (non-hydrogen) atoms. The Morgan fingerprint density at radius 2 is 1.71 bits per heavy atom. The normalized spacial score (nSPS) is 20.2. The van der Waals surface area contributed by atoms with Crippen molar-refractivity contribution in [3.63, 3.8) is 0 Å². The van der Waals surface area contributed by atoms with E-state index in [4.69, 9.17) is 19.2 Å². The van der Waals surface area contributed by atoms with Crippen LogP contribution in [-0.4, -0.2) is 104 Å². The molecule has 0 radical (unpaired) electrons. The van der Waals surface area contributed by atoms with Crippen LogP contribution in [0.15, 0.2) is 24.5 Å². The van der Waals surface area contributed by atoms with Gasteiger partial charge >= 0.3 is 18.2 Å². The zero-order valence-corrected chi connectivity index (χ0v) is 28.8. The van der Waals surface area contributed by atoms with Crippen molar-refractivity contribution in [3.05, 3.63) is 46.8 Å². The topological polar surface area (TPSA) is 119 Å². The maximum absolute atomic E-state index is 14.0. The van der Waals surface area contributed by atoms with Crippen LogP contribution >= 0.6 is 0 Å². The number of hydrogen-bond acceptors (Lipinski definition) is 8. The maximum atomic E-state index is 14.0. The van der Waals surface area contributed by atoms with Crippen molar-refractivity contribution in [1.29, 1.82) is 0 Å². The third kappa shape index (κ3) is 6.96. The third-order valence-corrected chi connectivity index (χ3v) is 8.73. The molecule has 12 nitrogen and oxygen atoms in total. The fourth-order valence-corrected chi connectivity index (χ4v) is 6.53. The minimum atomic E-state index is -1.01. The first-order valence-electron chi connectivity index (χ1n) is 16.6. The van der Waals surface area contributed by atoms with Crippen molar-refractivity contribution >= 4 is 29.4 Å². The summed E-state index contributed by atoms with van der Waals surface area (Å²) in [5.41, 5.74) is 4.55. The van der Waals surface area contributed by atoms with Gasteiger partial charge in [0.15, 0.2) is 5.65 Å². The van der Waals surface area contributed by atoms with E-state index in [1.54, 1.807) is 27.1 Å². The monoisotopic (exact) mass is 664 g/mol. The lowest BCUT2D eigenvalue weighted by Crippen LogP contribution is -2.47. The second kappa shape index (κ2) is 12.6. The molecular weight excluding hydrogens is 619 g/mol. The van der Waals surface area contributed by atoms with Gasteiger partial charge in [-0.3, -0.25) is 4.90 Å². The molecule has 2 saturated heterocycles. The first-order chi connectivity index (χ1) is 22.6. The Kier molecular flexibility index (Phi) is 8.86. The Bertz CT molecular complexity index is 1740. The number of rotatable bonds is 2. The van der Waals surface area contributed by atoms with Gasteiger partial charge in [0, 0.05) is 37.9 Å². The number of aryl methyl sites for hydroxylation is 1. The molecule has 3 aromatic rings. The number of likely N-dealkylation sites (tertiary alicyclic amines) is 1. The number of amides is 3. The summed E-state index contributed by atoms with van der Waals surface area (Å²) in [6.07, 6.45) is 2.25. The van der Waals surface area contributed by atoms with E-state index in [0.29, 0.717) is 62.5 Å². The van der Waals surface area contributed by atoms with E-state index in [9.17, 15) is 18.8 Å². The summed E-state index contributed by atoms with van der Waals surface area (Å²) >= 11 is 0. The quantitative estimate of drug-likeness (QED) is 0.326. The van der Waals surface area contributed by atoms with Crippen molar-refractivity contribution in [2.45, 2.75) is 91.3 Å². The van der Waals surface area contributed by atoms with Crippen LogP contribution in [0, 0.1) is 6.92 Å². The highest BCUT2D eigenvalue weighted by atomic mass is 19.1. The molecule has 5 heterocycles. The molecule has 2 atom stereocenters. The first-order valence-corrected chi connectivity index (χ1v) is 16.6. The number of benzene rings is 1. The van der Waals surface area contributed by atoms with Gasteiger partial charge in [0.25, 0.3) is 0 Å². The van der Waals surface area contributed by atoms with Gasteiger partial charge in [0.1, 0.15) is 22.9 Å². The number of carbonyl (C=O) groups is 3. The van der Waals surface area contributed by atoms with Crippen LogP contribution in [-0.2, 0) is 27.2 Å². The van der Waals surface area contributed by atoms with Crippen LogP contribution in [0.5, 0.6) is 0 Å². The molecule has 2 fully saturated rings. The number of ether oxygens (including phenoxy) is 3. The van der Waals surface area contributed by atoms with Crippen LogP contribution in [0.4, 0.5) is 18.8 Å². The van der Waals surface area contributed by atoms with Gasteiger partial charge in [-0.1, -0.05) is 0 Å². The number of urea groups is 1. The zero-order valence-electron chi connectivity index (χ0n) is 28.8. The largest absolute Gasteiger partial charge is 0.444 e. The van der Waals surface area contributed by atoms with Gasteiger partial charge in [-0.05, 0) is 95.7 Å². The SMILES string of the molecule is Cc1cn(C(=O)OC(C)(C)C)c2ncc(-c3cc4c(c(C5COCCN5C(=O)OC(C)(C)C)c3)CN(C(=O)N3CCC(F)C3)CC4)nc12. The standard InChI is InChI=1S/C35H45FN6O6/c1-21-17-42(33(45)48-35(5,6)7)30-29(21)38-27(16-37-30)23-14-22-8-10-40(31(43)39-11-9-24(36)18-39)19-26(22)25(15-23)28-20-46-13-12-41(28)32(44)47-34(2,3)4/h14-17,24,28H,8-13,18-20H2,1-7H3. The molecule has 0 aliphatic carbocycles. The number of halogens is 1. The highest BCUT2D eigenvalue weighted by Crippen LogP contribution is 2.37. The predicted octanol–water partition coefficient (Wildman–Crippen LogP) is 6.02. The summed E-state index contributed by atoms with van der Waals surface area (Å²) in [5, 5.41) is 0. The van der Waals surface area contributed by atoms with Crippen molar-refractivity contribution in [3.8, 4) is 11.3 Å². The number of nitrogens with zero attached hydrogens (tertiary/aromatic N) is 6. The molecule has 3 aliphatic heterocycles. The fourth-order valence-electron chi connectivity index (χ4n) is 6.53. The lowest BCUT2D eigenvalue weighted by molar-refractivity contribution is -0.0334. The lowest BCUT2D eigenvalue weighted by Gasteiger charge is -2.40. The maximum Gasteiger partial charge on any atom is 0.420 e. The Morgan fingerprint density at radius 3 is 2.40 bits per heavy atom. The molecule has 6 rings (SSSR count). The summed E-state index contributed by atoms with van der Waals surface area (Å²) in [5.74, 6) is 0. The first kappa shape index (κ1) is 33.6. The summed E-state index contributed by atoms with van der Waals surface area (Å²) in [7, 11) is 0. The Morgan fingerprint density at radius 1 is 0.979 bits per heavy atom. The Balaban J connectivity index is 1.41. The Hall–Kier alpha value is -4.26. The number of carbonyl (C=O) groups excluding carboxylic acids is 3. The minimum Gasteiger partial charge on any atom is -0.444 e. The molecule has 0 N–H and O–H groups in total. The van der Waals surface area contributed by atoms with Crippen molar-refractivity contribution in [2.24, 2.45) is 0 Å². The van der Waals surface area contributed by atoms with Gasteiger partial charge in [-0.15, -0.1) is 0 Å². The van der Waals surface area contributed by atoms with E-state index in [-0.39, 0.29) is 19.2 Å². The van der Waals surface area contributed by atoms with Crippen molar-refractivity contribution in [1.82, 2.24) is 29.2 Å². The smallest absolute Gasteiger partial charge is 0.420 e. The van der Waals surface area contributed by atoms with E-state index in [2.05, 4.69) is 11.1 Å². The van der Waals surface area contributed by atoms with Crippen LogP contribution in [0.1, 0.15) is 76.3 Å². The number of fused-ring (bicyclic) bond motifs is 2. The third-order valence-electron chi connectivity index (χ3n) is 8.73. The van der Waals surface area contributed by atoms with Gasteiger partial charge in [0.05, 0.1) is 37.7 Å². The molecule has 2 unspecified atom stereocenters. The van der Waals surface area contributed by atoms with Gasteiger partial charge in [0.2, 0.25) is 0 Å². The molecule has 0 bridgehead atoms. The molecule has 1 aromatic carbocycles. The van der Waals surface area contributed by atoms with Crippen molar-refractivity contribution in [2.75, 3.05) is 39.4 Å². The number of morpholine rings is 1. The second-order valence-corrected chi connectivity index (χ2v) is 14.8. The molecule has 0 spiro atoms. The number of alkyl halides is 1. The highest BCUT2D eigenvalue weighted by molar-refractivity contribution is 5.88. The summed E-state index contributed by atoms with van der Waals surface area (Å²) in [6, 6.07) is 3.39. The molecule has 3 aliphatic rings. The molecule has 3 amide bonds. The fraction of sp³-hybridized carbons (Fsp3) is 0.571. The molecular formula is C35H45FN6O6.